The standard InChI is InChI=1S/C13H17F3N2O2S/c14-9-5-10(15)12(11(16)6-9)21(19,20)18-8-13(7-17)3-1-2-4-13/h5-6,18H,1-4,7-8,17H2. The highest BCUT2D eigenvalue weighted by molar-refractivity contribution is 7.89. The fourth-order valence-corrected chi connectivity index (χ4v) is 3.96. The van der Waals surface area contributed by atoms with Crippen LogP contribution in [0.1, 0.15) is 25.7 Å². The lowest BCUT2D eigenvalue weighted by molar-refractivity contribution is 0.309. The predicted octanol–water partition coefficient (Wildman–Crippen LogP) is 1.90. The third kappa shape index (κ3) is 3.38. The number of hydrogen-bond donors (Lipinski definition) is 2. The highest BCUT2D eigenvalue weighted by Gasteiger charge is 2.35. The monoisotopic (exact) mass is 322 g/mol. The number of nitrogens with two attached hydrogens (primary N) is 1. The molecule has 0 unspecified atom stereocenters. The van der Waals surface area contributed by atoms with Crippen LogP contribution in [0.3, 0.4) is 0 Å². The Morgan fingerprint density at radius 1 is 1.14 bits per heavy atom. The molecule has 0 spiro atoms. The summed E-state index contributed by atoms with van der Waals surface area (Å²) >= 11 is 0. The Labute approximate surface area is 121 Å². The van der Waals surface area contributed by atoms with Gasteiger partial charge in [-0.2, -0.15) is 0 Å². The molecule has 4 nitrogen and oxygen atoms in total. The van der Waals surface area contributed by atoms with Crippen molar-refractivity contribution in [2.45, 2.75) is 30.6 Å². The van der Waals surface area contributed by atoms with E-state index in [1.807, 2.05) is 0 Å². The molecular weight excluding hydrogens is 305 g/mol. The number of rotatable bonds is 5. The third-order valence-electron chi connectivity index (χ3n) is 3.97. The van der Waals surface area contributed by atoms with Crippen molar-refractivity contribution >= 4 is 10.0 Å². The zero-order valence-electron chi connectivity index (χ0n) is 11.3. The lowest BCUT2D eigenvalue weighted by atomic mass is 9.87. The lowest BCUT2D eigenvalue weighted by Crippen LogP contribution is -2.41. The summed E-state index contributed by atoms with van der Waals surface area (Å²) in [5, 5.41) is 0. The van der Waals surface area contributed by atoms with Crippen LogP contribution in [0.4, 0.5) is 13.2 Å². The number of benzene rings is 1. The molecule has 8 heteroatoms. The van der Waals surface area contributed by atoms with Crippen molar-refractivity contribution in [2.75, 3.05) is 13.1 Å². The molecule has 0 heterocycles. The van der Waals surface area contributed by atoms with E-state index in [4.69, 9.17) is 5.73 Å². The fraction of sp³-hybridized carbons (Fsp3) is 0.538. The van der Waals surface area contributed by atoms with Crippen LogP contribution in [0.5, 0.6) is 0 Å². The van der Waals surface area contributed by atoms with Crippen LogP contribution in [0.25, 0.3) is 0 Å². The smallest absolute Gasteiger partial charge is 0.246 e. The van der Waals surface area contributed by atoms with Gasteiger partial charge in [-0.1, -0.05) is 12.8 Å². The molecule has 0 radical (unpaired) electrons. The quantitative estimate of drug-likeness (QED) is 0.870. The minimum absolute atomic E-state index is 0.0160. The molecular formula is C13H17F3N2O2S. The Kier molecular flexibility index (Phi) is 4.60. The summed E-state index contributed by atoms with van der Waals surface area (Å²) in [5.41, 5.74) is 5.31. The van der Waals surface area contributed by atoms with E-state index in [1.165, 1.54) is 0 Å². The van der Waals surface area contributed by atoms with E-state index in [0.717, 1.165) is 25.7 Å². The number of hydrogen-bond acceptors (Lipinski definition) is 3. The fourth-order valence-electron chi connectivity index (χ4n) is 2.68. The maximum absolute atomic E-state index is 13.6. The first-order chi connectivity index (χ1) is 9.80. The third-order valence-corrected chi connectivity index (χ3v) is 5.42. The van der Waals surface area contributed by atoms with E-state index in [1.54, 1.807) is 0 Å². The van der Waals surface area contributed by atoms with Crippen molar-refractivity contribution in [3.8, 4) is 0 Å². The van der Waals surface area contributed by atoms with Crippen molar-refractivity contribution in [1.82, 2.24) is 4.72 Å². The molecule has 1 saturated carbocycles. The van der Waals surface area contributed by atoms with Crippen LogP contribution < -0.4 is 10.5 Å². The van der Waals surface area contributed by atoms with E-state index in [0.29, 0.717) is 18.7 Å². The highest BCUT2D eigenvalue weighted by Crippen LogP contribution is 2.36. The van der Waals surface area contributed by atoms with Gasteiger partial charge in [0.05, 0.1) is 0 Å². The molecule has 1 fully saturated rings. The molecule has 2 rings (SSSR count). The second-order valence-electron chi connectivity index (χ2n) is 5.43. The molecule has 0 atom stereocenters. The highest BCUT2D eigenvalue weighted by atomic mass is 32.2. The van der Waals surface area contributed by atoms with E-state index in [9.17, 15) is 21.6 Å². The largest absolute Gasteiger partial charge is 0.330 e. The van der Waals surface area contributed by atoms with Crippen molar-refractivity contribution < 1.29 is 21.6 Å². The van der Waals surface area contributed by atoms with Gasteiger partial charge in [0.25, 0.3) is 0 Å². The Morgan fingerprint density at radius 3 is 2.14 bits per heavy atom. The van der Waals surface area contributed by atoms with Crippen molar-refractivity contribution in [2.24, 2.45) is 11.1 Å². The molecule has 118 valence electrons. The molecule has 1 aliphatic carbocycles. The normalized spacial score (nSPS) is 18.1. The van der Waals surface area contributed by atoms with Gasteiger partial charge in [0.15, 0.2) is 4.90 Å². The van der Waals surface area contributed by atoms with Crippen molar-refractivity contribution in [3.05, 3.63) is 29.6 Å². The van der Waals surface area contributed by atoms with Crippen LogP contribution in [-0.2, 0) is 10.0 Å². The van der Waals surface area contributed by atoms with Crippen LogP contribution in [0.15, 0.2) is 17.0 Å². The summed E-state index contributed by atoms with van der Waals surface area (Å²) in [4.78, 5) is -1.16. The Balaban J connectivity index is 2.23. The van der Waals surface area contributed by atoms with E-state index in [-0.39, 0.29) is 12.0 Å². The lowest BCUT2D eigenvalue weighted by Gasteiger charge is -2.27. The van der Waals surface area contributed by atoms with Gasteiger partial charge in [0, 0.05) is 18.7 Å². The molecule has 1 aromatic carbocycles. The van der Waals surface area contributed by atoms with Crippen LogP contribution in [-0.4, -0.2) is 21.5 Å². The van der Waals surface area contributed by atoms with Gasteiger partial charge < -0.3 is 5.73 Å². The number of halogens is 3. The Morgan fingerprint density at radius 2 is 1.67 bits per heavy atom. The SMILES string of the molecule is NCC1(CNS(=O)(=O)c2c(F)cc(F)cc2F)CCCC1. The van der Waals surface area contributed by atoms with Crippen LogP contribution in [0.2, 0.25) is 0 Å². The minimum atomic E-state index is -4.40. The zero-order chi connectivity index (χ0) is 15.7. The first-order valence-corrected chi connectivity index (χ1v) is 8.12. The summed E-state index contributed by atoms with van der Waals surface area (Å²) in [5.74, 6) is -4.07. The molecule has 0 bridgehead atoms. The first kappa shape index (κ1) is 16.3. The predicted molar refractivity (Wildman–Crippen MR) is 71.5 cm³/mol. The van der Waals surface area contributed by atoms with Crippen molar-refractivity contribution in [3.63, 3.8) is 0 Å². The van der Waals surface area contributed by atoms with E-state index >= 15 is 0 Å². The molecule has 1 aromatic rings. The molecule has 3 N–H and O–H groups in total. The zero-order valence-corrected chi connectivity index (χ0v) is 12.1. The van der Waals surface area contributed by atoms with Crippen molar-refractivity contribution in [1.29, 1.82) is 0 Å². The average molecular weight is 322 g/mol. The summed E-state index contributed by atoms with van der Waals surface area (Å²) in [6.07, 6.45) is 3.41. The summed E-state index contributed by atoms with van der Waals surface area (Å²) in [6.45, 7) is 0.311. The van der Waals surface area contributed by atoms with Gasteiger partial charge >= 0.3 is 0 Å². The Hall–Kier alpha value is -1.12. The molecule has 1 aliphatic rings. The number of nitrogens with one attached hydrogen (secondary N) is 1. The van der Waals surface area contributed by atoms with Gasteiger partial charge in [0.2, 0.25) is 10.0 Å². The maximum atomic E-state index is 13.6. The van der Waals surface area contributed by atoms with Crippen LogP contribution >= 0.6 is 0 Å². The second-order valence-corrected chi connectivity index (χ2v) is 7.14. The molecule has 0 aromatic heterocycles. The Bertz CT molecular complexity index is 605. The summed E-state index contributed by atoms with van der Waals surface area (Å²) < 4.78 is 66.2. The molecule has 0 aliphatic heterocycles. The molecule has 21 heavy (non-hydrogen) atoms. The van der Waals surface area contributed by atoms with E-state index in [2.05, 4.69) is 4.72 Å². The molecule has 0 saturated heterocycles. The topological polar surface area (TPSA) is 72.2 Å². The van der Waals surface area contributed by atoms with Gasteiger partial charge in [-0.3, -0.25) is 0 Å². The van der Waals surface area contributed by atoms with Gasteiger partial charge in [0.1, 0.15) is 17.5 Å². The average Bonchev–Trinajstić information content (AvgIpc) is 2.84. The number of sulfonamides is 1. The summed E-state index contributed by atoms with van der Waals surface area (Å²) in [6, 6.07) is 0.678. The van der Waals surface area contributed by atoms with Gasteiger partial charge in [-0.05, 0) is 24.8 Å². The summed E-state index contributed by atoms with van der Waals surface area (Å²) in [7, 11) is -4.40. The van der Waals surface area contributed by atoms with Gasteiger partial charge in [-0.15, -0.1) is 0 Å². The second kappa shape index (κ2) is 5.94. The maximum Gasteiger partial charge on any atom is 0.246 e. The molecule has 0 amide bonds. The minimum Gasteiger partial charge on any atom is -0.330 e. The van der Waals surface area contributed by atoms with Crippen LogP contribution in [0, 0.1) is 22.9 Å². The first-order valence-electron chi connectivity index (χ1n) is 6.64. The van der Waals surface area contributed by atoms with E-state index < -0.39 is 32.4 Å². The van der Waals surface area contributed by atoms with Gasteiger partial charge in [-0.25, -0.2) is 26.3 Å².